The lowest BCUT2D eigenvalue weighted by molar-refractivity contribution is -0.0448. The highest BCUT2D eigenvalue weighted by atomic mass is 16.5. The number of ether oxygens (including phenoxy) is 2. The lowest BCUT2D eigenvalue weighted by Crippen LogP contribution is -2.62. The van der Waals surface area contributed by atoms with Gasteiger partial charge in [0.15, 0.2) is 0 Å². The highest BCUT2D eigenvalue weighted by Crippen LogP contribution is 2.49. The number of amides is 1. The molecule has 156 valence electrons. The maximum atomic E-state index is 13.5. The van der Waals surface area contributed by atoms with Crippen molar-refractivity contribution >= 4 is 5.91 Å². The van der Waals surface area contributed by atoms with E-state index in [-0.39, 0.29) is 17.5 Å². The normalized spacial score (nSPS) is 24.9. The average Bonchev–Trinajstić information content (AvgIpc) is 3.17. The molecule has 2 saturated heterocycles. The standard InChI is InChI=1S/C23H30N2O4/c1-15-8-9-19(29-15)21(23-12-10-16(11-13-23)14-25(23)2)24-22(26)20-17(27-3)6-5-7-18(20)28-4/h5-9,16,21H,10-14H2,1-4H3,(H,24,26). The lowest BCUT2D eigenvalue weighted by Gasteiger charge is -2.56. The Morgan fingerprint density at radius 1 is 1.17 bits per heavy atom. The maximum Gasteiger partial charge on any atom is 0.259 e. The highest BCUT2D eigenvalue weighted by molar-refractivity contribution is 6.00. The Hall–Kier alpha value is -2.47. The Morgan fingerprint density at radius 2 is 1.83 bits per heavy atom. The van der Waals surface area contributed by atoms with E-state index in [0.717, 1.165) is 36.8 Å². The van der Waals surface area contributed by atoms with Crippen molar-refractivity contribution in [1.82, 2.24) is 10.2 Å². The predicted octanol–water partition coefficient (Wildman–Crippen LogP) is 3.95. The van der Waals surface area contributed by atoms with Crippen molar-refractivity contribution < 1.29 is 18.7 Å². The summed E-state index contributed by atoms with van der Waals surface area (Å²) in [4.78, 5) is 15.9. The second-order valence-electron chi connectivity index (χ2n) is 8.32. The lowest BCUT2D eigenvalue weighted by atomic mass is 9.66. The summed E-state index contributed by atoms with van der Waals surface area (Å²) in [6, 6.07) is 9.08. The highest BCUT2D eigenvalue weighted by Gasteiger charge is 2.51. The molecule has 6 nitrogen and oxygen atoms in total. The van der Waals surface area contributed by atoms with E-state index >= 15 is 0 Å². The molecular weight excluding hydrogens is 368 g/mol. The topological polar surface area (TPSA) is 63.9 Å². The first kappa shape index (κ1) is 19.8. The van der Waals surface area contributed by atoms with Gasteiger partial charge in [-0.1, -0.05) is 6.07 Å². The first-order valence-corrected chi connectivity index (χ1v) is 10.3. The van der Waals surface area contributed by atoms with Crippen molar-refractivity contribution in [2.24, 2.45) is 5.92 Å². The molecule has 3 aliphatic rings. The van der Waals surface area contributed by atoms with Crippen LogP contribution in [0.3, 0.4) is 0 Å². The smallest absolute Gasteiger partial charge is 0.259 e. The largest absolute Gasteiger partial charge is 0.496 e. The van der Waals surface area contributed by atoms with Crippen LogP contribution in [-0.4, -0.2) is 44.2 Å². The summed E-state index contributed by atoms with van der Waals surface area (Å²) in [6.07, 6.45) is 4.46. The minimum Gasteiger partial charge on any atom is -0.496 e. The molecule has 5 rings (SSSR count). The van der Waals surface area contributed by atoms with Gasteiger partial charge in [0.2, 0.25) is 0 Å². The minimum absolute atomic E-state index is 0.149. The molecule has 1 atom stereocenters. The Kier molecular flexibility index (Phi) is 5.30. The quantitative estimate of drug-likeness (QED) is 0.798. The van der Waals surface area contributed by atoms with Gasteiger partial charge in [0.05, 0.1) is 14.2 Å². The van der Waals surface area contributed by atoms with Crippen molar-refractivity contribution in [3.8, 4) is 11.5 Å². The van der Waals surface area contributed by atoms with Gasteiger partial charge in [-0.25, -0.2) is 0 Å². The summed E-state index contributed by atoms with van der Waals surface area (Å²) < 4.78 is 16.9. The Balaban J connectivity index is 1.73. The van der Waals surface area contributed by atoms with Crippen LogP contribution in [0.15, 0.2) is 34.7 Å². The number of carbonyl (C=O) groups excluding carboxylic acids is 1. The molecule has 1 aromatic carbocycles. The second kappa shape index (κ2) is 7.75. The summed E-state index contributed by atoms with van der Waals surface area (Å²) in [6.45, 7) is 2.99. The van der Waals surface area contributed by atoms with Gasteiger partial charge in [-0.3, -0.25) is 9.69 Å². The zero-order valence-electron chi connectivity index (χ0n) is 17.7. The summed E-state index contributed by atoms with van der Waals surface area (Å²) >= 11 is 0. The second-order valence-corrected chi connectivity index (χ2v) is 8.32. The maximum absolute atomic E-state index is 13.5. The molecule has 1 saturated carbocycles. The van der Waals surface area contributed by atoms with E-state index in [1.54, 1.807) is 26.4 Å². The molecule has 6 heteroatoms. The Morgan fingerprint density at radius 3 is 2.34 bits per heavy atom. The summed E-state index contributed by atoms with van der Waals surface area (Å²) in [5.74, 6) is 3.18. The van der Waals surface area contributed by atoms with Gasteiger partial charge in [-0.15, -0.1) is 0 Å². The molecule has 1 amide bonds. The molecule has 1 aliphatic carbocycles. The minimum atomic E-state index is -0.246. The van der Waals surface area contributed by atoms with Crippen LogP contribution < -0.4 is 14.8 Å². The van der Waals surface area contributed by atoms with Gasteiger partial charge in [0.1, 0.15) is 34.6 Å². The van der Waals surface area contributed by atoms with Crippen molar-refractivity contribution in [2.75, 3.05) is 27.8 Å². The number of carbonyl (C=O) groups is 1. The van der Waals surface area contributed by atoms with Gasteiger partial charge < -0.3 is 19.2 Å². The van der Waals surface area contributed by atoms with Crippen molar-refractivity contribution in [3.05, 3.63) is 47.4 Å². The SMILES string of the molecule is COc1cccc(OC)c1C(=O)NC(c1ccc(C)o1)C12CCC(CC1)CN2C. The van der Waals surface area contributed by atoms with Crippen molar-refractivity contribution in [3.63, 3.8) is 0 Å². The number of nitrogens with zero attached hydrogens (tertiary/aromatic N) is 1. The number of furan rings is 1. The third-order valence-corrected chi connectivity index (χ3v) is 6.78. The fourth-order valence-electron chi connectivity index (χ4n) is 5.18. The molecule has 0 radical (unpaired) electrons. The summed E-state index contributed by atoms with van der Waals surface area (Å²) in [7, 11) is 5.30. The van der Waals surface area contributed by atoms with Gasteiger partial charge in [-0.2, -0.15) is 0 Å². The molecule has 2 bridgehead atoms. The third-order valence-electron chi connectivity index (χ3n) is 6.78. The third kappa shape index (κ3) is 3.39. The van der Waals surface area contributed by atoms with Crippen LogP contribution in [0.4, 0.5) is 0 Å². The molecule has 3 heterocycles. The van der Waals surface area contributed by atoms with Crippen LogP contribution in [0.1, 0.15) is 53.6 Å². The number of fused-ring (bicyclic) bond motifs is 3. The summed E-state index contributed by atoms with van der Waals surface area (Å²) in [5.41, 5.74) is 0.263. The van der Waals surface area contributed by atoms with E-state index in [9.17, 15) is 4.79 Å². The average molecular weight is 399 g/mol. The number of piperidine rings is 2. The number of hydrogen-bond acceptors (Lipinski definition) is 5. The van der Waals surface area contributed by atoms with E-state index in [1.807, 2.05) is 25.1 Å². The van der Waals surface area contributed by atoms with Crippen LogP contribution in [-0.2, 0) is 0 Å². The number of aryl methyl sites for hydroxylation is 1. The number of nitrogens with one attached hydrogen (secondary N) is 1. The fourth-order valence-corrected chi connectivity index (χ4v) is 5.18. The van der Waals surface area contributed by atoms with Crippen LogP contribution in [0.25, 0.3) is 0 Å². The van der Waals surface area contributed by atoms with Crippen LogP contribution in [0.5, 0.6) is 11.5 Å². The number of benzene rings is 1. The van der Waals surface area contributed by atoms with E-state index in [2.05, 4.69) is 17.3 Å². The monoisotopic (exact) mass is 398 g/mol. The van der Waals surface area contributed by atoms with E-state index in [1.165, 1.54) is 12.8 Å². The van der Waals surface area contributed by atoms with Crippen molar-refractivity contribution in [1.29, 1.82) is 0 Å². The van der Waals surface area contributed by atoms with Crippen LogP contribution in [0, 0.1) is 12.8 Å². The first-order valence-electron chi connectivity index (χ1n) is 10.3. The molecule has 2 aromatic rings. The van der Waals surface area contributed by atoms with E-state index in [0.29, 0.717) is 17.1 Å². The molecular formula is C23H30N2O4. The zero-order valence-corrected chi connectivity index (χ0v) is 17.7. The van der Waals surface area contributed by atoms with Gasteiger partial charge in [-0.05, 0) is 69.8 Å². The molecule has 29 heavy (non-hydrogen) atoms. The number of rotatable bonds is 6. The van der Waals surface area contributed by atoms with Crippen LogP contribution >= 0.6 is 0 Å². The van der Waals surface area contributed by atoms with Gasteiger partial charge in [0, 0.05) is 12.1 Å². The number of likely N-dealkylation sites (N-methyl/N-ethyl adjacent to an activating group) is 1. The zero-order chi connectivity index (χ0) is 20.6. The van der Waals surface area contributed by atoms with E-state index < -0.39 is 0 Å². The predicted molar refractivity (Wildman–Crippen MR) is 111 cm³/mol. The molecule has 1 aromatic heterocycles. The molecule has 0 spiro atoms. The van der Waals surface area contributed by atoms with Crippen molar-refractivity contribution in [2.45, 2.75) is 44.2 Å². The van der Waals surface area contributed by atoms with E-state index in [4.69, 9.17) is 13.9 Å². The number of methoxy groups -OCH3 is 2. The number of hydrogen-bond donors (Lipinski definition) is 1. The summed E-state index contributed by atoms with van der Waals surface area (Å²) in [5, 5.41) is 3.29. The first-order chi connectivity index (χ1) is 14.0. The van der Waals surface area contributed by atoms with Gasteiger partial charge >= 0.3 is 0 Å². The Bertz CT molecular complexity index is 861. The van der Waals surface area contributed by atoms with Gasteiger partial charge in [0.25, 0.3) is 5.91 Å². The Labute approximate surface area is 172 Å². The van der Waals surface area contributed by atoms with Crippen LogP contribution in [0.2, 0.25) is 0 Å². The molecule has 1 N–H and O–H groups in total. The molecule has 3 fully saturated rings. The fraction of sp³-hybridized carbons (Fsp3) is 0.522. The molecule has 2 aliphatic heterocycles. The molecule has 1 unspecified atom stereocenters.